The Hall–Kier alpha value is -2.64. The highest BCUT2D eigenvalue weighted by atomic mass is 16.5. The second kappa shape index (κ2) is 7.17. The summed E-state index contributed by atoms with van der Waals surface area (Å²) in [6.07, 6.45) is 7.40. The Kier molecular flexibility index (Phi) is 4.72. The van der Waals surface area contributed by atoms with Gasteiger partial charge in [0.05, 0.1) is 19.1 Å². The maximum atomic E-state index is 12.7. The number of carbonyl (C=O) groups excluding carboxylic acids is 1. The molecule has 0 bridgehead atoms. The number of amides is 1. The highest BCUT2D eigenvalue weighted by molar-refractivity contribution is 5.96. The maximum Gasteiger partial charge on any atom is 0.260 e. The Labute approximate surface area is 157 Å². The van der Waals surface area contributed by atoms with Crippen molar-refractivity contribution in [1.29, 1.82) is 0 Å². The number of piperidine rings is 1. The lowest BCUT2D eigenvalue weighted by atomic mass is 9.96. The molecule has 2 aromatic heterocycles. The van der Waals surface area contributed by atoms with Crippen molar-refractivity contribution in [2.45, 2.75) is 38.1 Å². The van der Waals surface area contributed by atoms with Crippen molar-refractivity contribution in [3.8, 4) is 5.88 Å². The summed E-state index contributed by atoms with van der Waals surface area (Å²) in [5.41, 5.74) is 1.46. The molecule has 2 aromatic rings. The van der Waals surface area contributed by atoms with Gasteiger partial charge in [-0.15, -0.1) is 5.10 Å². The van der Waals surface area contributed by atoms with E-state index in [1.54, 1.807) is 34.9 Å². The second-order valence-corrected chi connectivity index (χ2v) is 7.54. The molecule has 1 saturated carbocycles. The normalized spacial score (nSPS) is 17.9. The van der Waals surface area contributed by atoms with E-state index in [-0.39, 0.29) is 11.5 Å². The van der Waals surface area contributed by atoms with Crippen molar-refractivity contribution >= 4 is 5.91 Å². The van der Waals surface area contributed by atoms with Crippen LogP contribution in [0.3, 0.4) is 0 Å². The summed E-state index contributed by atoms with van der Waals surface area (Å²) in [7, 11) is 3.29. The number of likely N-dealkylation sites (tertiary alicyclic amines) is 1. The SMILES string of the molecule is COc1nn(C)cc1C(=O)N1CCC(Cn2cnc(C3CC3)cc2=O)CC1. The smallest absolute Gasteiger partial charge is 0.260 e. The highest BCUT2D eigenvalue weighted by Crippen LogP contribution is 2.38. The minimum absolute atomic E-state index is 0.0329. The van der Waals surface area contributed by atoms with E-state index >= 15 is 0 Å². The van der Waals surface area contributed by atoms with E-state index in [2.05, 4.69) is 10.1 Å². The summed E-state index contributed by atoms with van der Waals surface area (Å²) in [6, 6.07) is 1.69. The molecule has 1 aliphatic heterocycles. The summed E-state index contributed by atoms with van der Waals surface area (Å²) in [5, 5.41) is 4.15. The lowest BCUT2D eigenvalue weighted by Gasteiger charge is -2.32. The van der Waals surface area contributed by atoms with Gasteiger partial charge in [-0.1, -0.05) is 0 Å². The molecule has 2 fully saturated rings. The molecule has 1 amide bonds. The van der Waals surface area contributed by atoms with Gasteiger partial charge in [-0.3, -0.25) is 18.8 Å². The molecule has 0 unspecified atom stereocenters. The van der Waals surface area contributed by atoms with Crippen molar-refractivity contribution in [3.63, 3.8) is 0 Å². The topological polar surface area (TPSA) is 82.2 Å². The molecule has 27 heavy (non-hydrogen) atoms. The molecule has 2 aliphatic rings. The van der Waals surface area contributed by atoms with Gasteiger partial charge in [0, 0.05) is 44.9 Å². The number of carbonyl (C=O) groups is 1. The first-order valence-corrected chi connectivity index (χ1v) is 9.48. The number of rotatable bonds is 5. The first-order valence-electron chi connectivity index (χ1n) is 9.48. The zero-order chi connectivity index (χ0) is 19.0. The molecule has 0 atom stereocenters. The third-order valence-electron chi connectivity index (χ3n) is 5.47. The van der Waals surface area contributed by atoms with E-state index in [1.165, 1.54) is 7.11 Å². The van der Waals surface area contributed by atoms with Gasteiger partial charge in [-0.2, -0.15) is 0 Å². The van der Waals surface area contributed by atoms with Crippen LogP contribution in [-0.4, -0.2) is 50.3 Å². The second-order valence-electron chi connectivity index (χ2n) is 7.54. The standard InChI is InChI=1S/C19H25N5O3/c1-22-11-15(18(21-22)27-2)19(26)23-7-5-13(6-8-23)10-24-12-20-16(9-17(24)25)14-3-4-14/h9,11-14H,3-8,10H2,1-2H3. The van der Waals surface area contributed by atoms with Crippen molar-refractivity contribution in [2.24, 2.45) is 13.0 Å². The quantitative estimate of drug-likeness (QED) is 0.794. The van der Waals surface area contributed by atoms with Gasteiger partial charge in [0.15, 0.2) is 0 Å². The molecule has 3 heterocycles. The van der Waals surface area contributed by atoms with Gasteiger partial charge >= 0.3 is 0 Å². The summed E-state index contributed by atoms with van der Waals surface area (Å²) in [6.45, 7) is 2.00. The fourth-order valence-electron chi connectivity index (χ4n) is 3.71. The van der Waals surface area contributed by atoms with Crippen molar-refractivity contribution in [2.75, 3.05) is 20.2 Å². The van der Waals surface area contributed by atoms with Crippen LogP contribution in [0.4, 0.5) is 0 Å². The van der Waals surface area contributed by atoms with Crippen molar-refractivity contribution in [1.82, 2.24) is 24.2 Å². The van der Waals surface area contributed by atoms with Gasteiger partial charge in [0.2, 0.25) is 5.88 Å². The number of hydrogen-bond acceptors (Lipinski definition) is 5. The van der Waals surface area contributed by atoms with E-state index in [0.29, 0.717) is 42.9 Å². The molecular formula is C19H25N5O3. The molecule has 0 N–H and O–H groups in total. The Morgan fingerprint density at radius 2 is 2.00 bits per heavy atom. The van der Waals surface area contributed by atoms with Gasteiger partial charge in [-0.05, 0) is 31.6 Å². The summed E-state index contributed by atoms with van der Waals surface area (Å²) < 4.78 is 8.49. The molecule has 1 saturated heterocycles. The fraction of sp³-hybridized carbons (Fsp3) is 0.579. The molecular weight excluding hydrogens is 346 g/mol. The largest absolute Gasteiger partial charge is 0.479 e. The summed E-state index contributed by atoms with van der Waals surface area (Å²) in [4.78, 5) is 31.3. The van der Waals surface area contributed by atoms with Crippen LogP contribution in [-0.2, 0) is 13.6 Å². The minimum Gasteiger partial charge on any atom is -0.479 e. The van der Waals surface area contributed by atoms with Gasteiger partial charge < -0.3 is 9.64 Å². The number of aromatic nitrogens is 4. The number of aryl methyl sites for hydroxylation is 1. The molecule has 8 nitrogen and oxygen atoms in total. The Bertz CT molecular complexity index is 891. The average molecular weight is 371 g/mol. The number of nitrogens with zero attached hydrogens (tertiary/aromatic N) is 5. The lowest BCUT2D eigenvalue weighted by molar-refractivity contribution is 0.0679. The van der Waals surface area contributed by atoms with Crippen LogP contribution in [0.25, 0.3) is 0 Å². The lowest BCUT2D eigenvalue weighted by Crippen LogP contribution is -2.40. The Balaban J connectivity index is 1.36. The van der Waals surface area contributed by atoms with Gasteiger partial charge in [0.1, 0.15) is 5.56 Å². The number of methoxy groups -OCH3 is 1. The molecule has 0 radical (unpaired) electrons. The Morgan fingerprint density at radius 3 is 2.63 bits per heavy atom. The van der Waals surface area contributed by atoms with Crippen molar-refractivity contribution in [3.05, 3.63) is 40.2 Å². The zero-order valence-electron chi connectivity index (χ0n) is 15.8. The monoisotopic (exact) mass is 371 g/mol. The maximum absolute atomic E-state index is 12.7. The first kappa shape index (κ1) is 17.8. The predicted octanol–water partition coefficient (Wildman–Crippen LogP) is 1.42. The van der Waals surface area contributed by atoms with Crippen LogP contribution in [0.1, 0.15) is 47.7 Å². The average Bonchev–Trinajstić information content (AvgIpc) is 3.45. The van der Waals surface area contributed by atoms with E-state index in [4.69, 9.17) is 4.74 Å². The summed E-state index contributed by atoms with van der Waals surface area (Å²) >= 11 is 0. The third-order valence-corrected chi connectivity index (χ3v) is 5.47. The fourth-order valence-corrected chi connectivity index (χ4v) is 3.71. The molecule has 0 spiro atoms. The van der Waals surface area contributed by atoms with E-state index in [0.717, 1.165) is 31.4 Å². The van der Waals surface area contributed by atoms with Crippen LogP contribution in [0.15, 0.2) is 23.4 Å². The highest BCUT2D eigenvalue weighted by Gasteiger charge is 2.28. The summed E-state index contributed by atoms with van der Waals surface area (Å²) in [5.74, 6) is 1.17. The van der Waals surface area contributed by atoms with E-state index in [9.17, 15) is 9.59 Å². The molecule has 1 aliphatic carbocycles. The Morgan fingerprint density at radius 1 is 1.26 bits per heavy atom. The minimum atomic E-state index is -0.0500. The molecule has 8 heteroatoms. The third kappa shape index (κ3) is 3.74. The first-order chi connectivity index (χ1) is 13.0. The van der Waals surface area contributed by atoms with Crippen LogP contribution in [0.2, 0.25) is 0 Å². The van der Waals surface area contributed by atoms with Crippen LogP contribution in [0.5, 0.6) is 5.88 Å². The number of ether oxygens (including phenoxy) is 1. The van der Waals surface area contributed by atoms with Crippen molar-refractivity contribution < 1.29 is 9.53 Å². The molecule has 0 aromatic carbocycles. The van der Waals surface area contributed by atoms with Gasteiger partial charge in [-0.25, -0.2) is 4.98 Å². The van der Waals surface area contributed by atoms with Crippen LogP contribution in [0, 0.1) is 5.92 Å². The molecule has 144 valence electrons. The van der Waals surface area contributed by atoms with E-state index in [1.807, 2.05) is 4.90 Å². The zero-order valence-corrected chi connectivity index (χ0v) is 15.8. The van der Waals surface area contributed by atoms with Gasteiger partial charge in [0.25, 0.3) is 11.5 Å². The van der Waals surface area contributed by atoms with Crippen LogP contribution < -0.4 is 10.3 Å². The molecule has 4 rings (SSSR count). The number of hydrogen-bond donors (Lipinski definition) is 0. The van der Waals surface area contributed by atoms with Crippen LogP contribution >= 0.6 is 0 Å². The predicted molar refractivity (Wildman–Crippen MR) is 98.9 cm³/mol. The van der Waals surface area contributed by atoms with E-state index < -0.39 is 0 Å².